The lowest BCUT2D eigenvalue weighted by Crippen LogP contribution is -2.15. The molecule has 0 saturated heterocycles. The summed E-state index contributed by atoms with van der Waals surface area (Å²) in [5.74, 6) is 4.15. The van der Waals surface area contributed by atoms with Crippen molar-refractivity contribution in [1.29, 1.82) is 0 Å². The Hall–Kier alpha value is -0.520. The Bertz CT molecular complexity index is 361. The van der Waals surface area contributed by atoms with Crippen molar-refractivity contribution >= 4 is 0 Å². The van der Waals surface area contributed by atoms with Gasteiger partial charge in [-0.1, -0.05) is 88.5 Å². The van der Waals surface area contributed by atoms with Gasteiger partial charge < -0.3 is 0 Å². The lowest BCUT2D eigenvalue weighted by atomic mass is 9.77. The molecule has 0 aromatic heterocycles. The van der Waals surface area contributed by atoms with Gasteiger partial charge in [-0.2, -0.15) is 0 Å². The van der Waals surface area contributed by atoms with E-state index in [0.717, 1.165) is 23.7 Å². The zero-order valence-electron chi connectivity index (χ0n) is 17.2. The molecule has 0 spiro atoms. The van der Waals surface area contributed by atoms with Crippen LogP contribution in [-0.2, 0) is 0 Å². The third-order valence-electron chi connectivity index (χ3n) is 7.09. The van der Waals surface area contributed by atoms with Gasteiger partial charge in [0.2, 0.25) is 0 Å². The minimum atomic E-state index is 0.996. The van der Waals surface area contributed by atoms with Crippen LogP contribution in [0.15, 0.2) is 24.3 Å². The Morgan fingerprint density at radius 2 is 1.00 bits per heavy atom. The molecule has 0 aliphatic heterocycles. The second kappa shape index (κ2) is 12.8. The van der Waals surface area contributed by atoms with E-state index in [0.29, 0.717) is 0 Å². The van der Waals surface area contributed by atoms with E-state index in [4.69, 9.17) is 0 Å². The van der Waals surface area contributed by atoms with Crippen molar-refractivity contribution in [2.45, 2.75) is 110 Å². The third kappa shape index (κ3) is 8.61. The topological polar surface area (TPSA) is 0 Å². The lowest BCUT2D eigenvalue weighted by molar-refractivity contribution is 0.238. The Morgan fingerprint density at radius 1 is 0.560 bits per heavy atom. The third-order valence-corrected chi connectivity index (χ3v) is 7.09. The highest BCUT2D eigenvalue weighted by Gasteiger charge is 2.22. The molecule has 2 fully saturated rings. The highest BCUT2D eigenvalue weighted by Crippen LogP contribution is 2.36. The van der Waals surface area contributed by atoms with Gasteiger partial charge in [-0.25, -0.2) is 0 Å². The van der Waals surface area contributed by atoms with Gasteiger partial charge in [-0.05, 0) is 69.6 Å². The average molecular weight is 345 g/mol. The van der Waals surface area contributed by atoms with E-state index in [-0.39, 0.29) is 0 Å². The molecule has 0 unspecified atom stereocenters. The van der Waals surface area contributed by atoms with Crippen LogP contribution in [0.2, 0.25) is 0 Å². The van der Waals surface area contributed by atoms with E-state index in [1.165, 1.54) is 96.3 Å². The van der Waals surface area contributed by atoms with Crippen molar-refractivity contribution in [2.75, 3.05) is 0 Å². The van der Waals surface area contributed by atoms with Gasteiger partial charge in [-0.3, -0.25) is 0 Å². The average Bonchev–Trinajstić information content (AvgIpc) is 2.66. The van der Waals surface area contributed by atoms with Gasteiger partial charge >= 0.3 is 0 Å². The molecule has 0 atom stereocenters. The van der Waals surface area contributed by atoms with Gasteiger partial charge in [0.25, 0.3) is 0 Å². The molecule has 0 N–H and O–H groups in total. The second-order valence-electron chi connectivity index (χ2n) is 9.01. The second-order valence-corrected chi connectivity index (χ2v) is 9.01. The van der Waals surface area contributed by atoms with E-state index in [2.05, 4.69) is 38.2 Å². The molecule has 0 amide bonds. The largest absolute Gasteiger partial charge is 0.0917 e. The summed E-state index contributed by atoms with van der Waals surface area (Å²) in [7, 11) is 0. The molecule has 2 rings (SSSR count). The summed E-state index contributed by atoms with van der Waals surface area (Å²) < 4.78 is 0. The molecule has 0 aromatic carbocycles. The fraction of sp³-hybridized carbons (Fsp3) is 0.840. The monoisotopic (exact) mass is 344 g/mol. The molecular weight excluding hydrogens is 300 g/mol. The van der Waals surface area contributed by atoms with Crippen LogP contribution in [0, 0.1) is 23.7 Å². The van der Waals surface area contributed by atoms with E-state index in [1.807, 2.05) is 0 Å². The number of hydrogen-bond acceptors (Lipinski definition) is 0. The van der Waals surface area contributed by atoms with E-state index in [9.17, 15) is 0 Å². The molecule has 2 saturated carbocycles. The van der Waals surface area contributed by atoms with Gasteiger partial charge in [0.15, 0.2) is 0 Å². The molecule has 2 aliphatic carbocycles. The first kappa shape index (κ1) is 20.8. The summed E-state index contributed by atoms with van der Waals surface area (Å²) in [5.41, 5.74) is 0. The number of rotatable bonds is 10. The summed E-state index contributed by atoms with van der Waals surface area (Å²) in [6.45, 7) is 4.30. The SMILES string of the molecule is CC=CCCC1CCC(CCCCC2CCC(CC=CC)CC2)CC1. The molecule has 2 aliphatic rings. The Kier molecular flexibility index (Phi) is 10.6. The van der Waals surface area contributed by atoms with Crippen LogP contribution in [0.4, 0.5) is 0 Å². The highest BCUT2D eigenvalue weighted by atomic mass is 14.3. The van der Waals surface area contributed by atoms with Gasteiger partial charge in [-0.15, -0.1) is 0 Å². The first-order valence-corrected chi connectivity index (χ1v) is 11.5. The minimum absolute atomic E-state index is 0.996. The molecule has 0 bridgehead atoms. The van der Waals surface area contributed by atoms with Crippen molar-refractivity contribution in [3.05, 3.63) is 24.3 Å². The van der Waals surface area contributed by atoms with Crippen LogP contribution < -0.4 is 0 Å². The molecule has 0 nitrogen and oxygen atoms in total. The summed E-state index contributed by atoms with van der Waals surface area (Å²) >= 11 is 0. The van der Waals surface area contributed by atoms with E-state index >= 15 is 0 Å². The van der Waals surface area contributed by atoms with Gasteiger partial charge in [0.05, 0.1) is 0 Å². The number of allylic oxidation sites excluding steroid dienone is 4. The zero-order valence-corrected chi connectivity index (χ0v) is 17.2. The van der Waals surface area contributed by atoms with E-state index in [1.54, 1.807) is 0 Å². The summed E-state index contributed by atoms with van der Waals surface area (Å²) in [5, 5.41) is 0. The molecule has 0 heterocycles. The number of hydrogen-bond donors (Lipinski definition) is 0. The van der Waals surface area contributed by atoms with Crippen molar-refractivity contribution in [2.24, 2.45) is 23.7 Å². The normalized spacial score (nSPS) is 31.1. The van der Waals surface area contributed by atoms with Crippen LogP contribution in [0.1, 0.15) is 110 Å². The summed E-state index contributed by atoms with van der Waals surface area (Å²) in [4.78, 5) is 0. The van der Waals surface area contributed by atoms with Gasteiger partial charge in [0, 0.05) is 0 Å². The first-order valence-electron chi connectivity index (χ1n) is 11.5. The zero-order chi connectivity index (χ0) is 17.7. The molecule has 25 heavy (non-hydrogen) atoms. The predicted molar refractivity (Wildman–Crippen MR) is 113 cm³/mol. The van der Waals surface area contributed by atoms with E-state index < -0.39 is 0 Å². The predicted octanol–water partition coefficient (Wildman–Crippen LogP) is 8.48. The number of unbranched alkanes of at least 4 members (excludes halogenated alkanes) is 1. The maximum absolute atomic E-state index is 2.38. The smallest absolute Gasteiger partial charge is 0.0322 e. The summed E-state index contributed by atoms with van der Waals surface area (Å²) in [6.07, 6.45) is 31.4. The maximum Gasteiger partial charge on any atom is -0.0322 e. The maximum atomic E-state index is 2.38. The Morgan fingerprint density at radius 3 is 1.48 bits per heavy atom. The quantitative estimate of drug-likeness (QED) is 0.275. The first-order chi connectivity index (χ1) is 12.3. The summed E-state index contributed by atoms with van der Waals surface area (Å²) in [6, 6.07) is 0. The lowest BCUT2D eigenvalue weighted by Gasteiger charge is -2.29. The minimum Gasteiger partial charge on any atom is -0.0917 e. The Labute approximate surface area is 158 Å². The van der Waals surface area contributed by atoms with Crippen LogP contribution >= 0.6 is 0 Å². The van der Waals surface area contributed by atoms with Crippen LogP contribution in [0.25, 0.3) is 0 Å². The Balaban J connectivity index is 1.46. The fourth-order valence-electron chi connectivity index (χ4n) is 5.26. The fourth-order valence-corrected chi connectivity index (χ4v) is 5.26. The van der Waals surface area contributed by atoms with Crippen molar-refractivity contribution < 1.29 is 0 Å². The van der Waals surface area contributed by atoms with Crippen molar-refractivity contribution in [1.82, 2.24) is 0 Å². The molecular formula is C25H44. The van der Waals surface area contributed by atoms with Crippen LogP contribution in [-0.4, -0.2) is 0 Å². The highest BCUT2D eigenvalue weighted by molar-refractivity contribution is 4.83. The molecule has 144 valence electrons. The molecule has 0 radical (unpaired) electrons. The standard InChI is InChI=1S/C25H44/c1-3-5-7-11-23-18-20-25(21-19-23)13-9-8-12-24-16-14-22(15-17-24)10-6-4-2/h3-6,22-25H,7-21H2,1-2H3. The van der Waals surface area contributed by atoms with Crippen molar-refractivity contribution in [3.63, 3.8) is 0 Å². The van der Waals surface area contributed by atoms with Crippen molar-refractivity contribution in [3.8, 4) is 0 Å². The van der Waals surface area contributed by atoms with Crippen LogP contribution in [0.3, 0.4) is 0 Å². The molecule has 0 aromatic rings. The molecule has 0 heteroatoms. The van der Waals surface area contributed by atoms with Crippen LogP contribution in [0.5, 0.6) is 0 Å². The van der Waals surface area contributed by atoms with Gasteiger partial charge in [0.1, 0.15) is 0 Å².